The molecule has 0 aliphatic rings. The van der Waals surface area contributed by atoms with E-state index < -0.39 is 5.91 Å². The van der Waals surface area contributed by atoms with E-state index in [1.165, 1.54) is 18.5 Å². The number of hydrogen-bond donors (Lipinski definition) is 2. The summed E-state index contributed by atoms with van der Waals surface area (Å²) in [7, 11) is 0. The van der Waals surface area contributed by atoms with E-state index in [4.69, 9.17) is 0 Å². The summed E-state index contributed by atoms with van der Waals surface area (Å²) in [6.45, 7) is 3.93. The van der Waals surface area contributed by atoms with Crippen molar-refractivity contribution < 1.29 is 9.90 Å². The molecule has 0 aromatic carbocycles. The van der Waals surface area contributed by atoms with Crippen LogP contribution in [-0.2, 0) is 12.8 Å². The van der Waals surface area contributed by atoms with Crippen molar-refractivity contribution >= 4 is 11.9 Å². The van der Waals surface area contributed by atoms with Crippen LogP contribution in [0.1, 0.15) is 35.6 Å². The minimum absolute atomic E-state index is 0.112. The van der Waals surface area contributed by atoms with Crippen LogP contribution in [0.3, 0.4) is 0 Å². The highest BCUT2D eigenvalue weighted by Crippen LogP contribution is 2.15. The van der Waals surface area contributed by atoms with Gasteiger partial charge in [0.15, 0.2) is 0 Å². The number of hydrogen-bond acceptors (Lipinski definition) is 6. The van der Waals surface area contributed by atoms with E-state index in [-0.39, 0.29) is 17.3 Å². The van der Waals surface area contributed by atoms with Crippen LogP contribution in [-0.4, -0.2) is 31.2 Å². The van der Waals surface area contributed by atoms with Crippen molar-refractivity contribution in [1.82, 2.24) is 20.2 Å². The number of anilines is 1. The van der Waals surface area contributed by atoms with Crippen LogP contribution in [0.4, 0.5) is 5.95 Å². The Labute approximate surface area is 116 Å². The number of amides is 1. The number of nitrogens with zero attached hydrogens (tertiary/aromatic N) is 4. The Morgan fingerprint density at radius 3 is 2.65 bits per heavy atom. The van der Waals surface area contributed by atoms with Gasteiger partial charge in [-0.2, -0.15) is 0 Å². The molecule has 104 valence electrons. The minimum Gasteiger partial charge on any atom is -0.505 e. The molecule has 0 aliphatic heterocycles. The molecule has 0 saturated heterocycles. The van der Waals surface area contributed by atoms with E-state index in [1.54, 1.807) is 0 Å². The topological polar surface area (TPSA) is 101 Å². The SMILES string of the molecule is CCc1nnc(NC(=O)c2ccncc2O)nc1CC. The highest BCUT2D eigenvalue weighted by atomic mass is 16.3. The summed E-state index contributed by atoms with van der Waals surface area (Å²) >= 11 is 0. The standard InChI is InChI=1S/C13H15N5O2/c1-3-9-10(4-2)17-18-13(15-9)16-12(20)8-5-6-14-7-11(8)19/h5-7,19H,3-4H2,1-2H3,(H,15,16,18,20). The molecule has 0 unspecified atom stereocenters. The molecule has 0 bridgehead atoms. The number of aryl methyl sites for hydroxylation is 2. The van der Waals surface area contributed by atoms with Gasteiger partial charge in [0.25, 0.3) is 5.91 Å². The Hall–Kier alpha value is -2.57. The molecule has 0 spiro atoms. The van der Waals surface area contributed by atoms with E-state index >= 15 is 0 Å². The first-order valence-corrected chi connectivity index (χ1v) is 6.32. The maximum Gasteiger partial charge on any atom is 0.261 e. The lowest BCUT2D eigenvalue weighted by Crippen LogP contribution is -2.16. The summed E-state index contributed by atoms with van der Waals surface area (Å²) in [4.78, 5) is 19.9. The van der Waals surface area contributed by atoms with Gasteiger partial charge >= 0.3 is 0 Å². The molecule has 2 N–H and O–H groups in total. The number of aromatic nitrogens is 4. The molecule has 0 fully saturated rings. The fourth-order valence-electron chi connectivity index (χ4n) is 1.74. The Morgan fingerprint density at radius 1 is 1.25 bits per heavy atom. The van der Waals surface area contributed by atoms with Gasteiger partial charge < -0.3 is 5.11 Å². The Morgan fingerprint density at radius 2 is 2.00 bits per heavy atom. The molecule has 2 heterocycles. The van der Waals surface area contributed by atoms with Gasteiger partial charge in [-0.3, -0.25) is 15.1 Å². The van der Waals surface area contributed by atoms with Crippen LogP contribution < -0.4 is 5.32 Å². The van der Waals surface area contributed by atoms with E-state index in [0.717, 1.165) is 17.8 Å². The largest absolute Gasteiger partial charge is 0.505 e. The third-order valence-electron chi connectivity index (χ3n) is 2.78. The van der Waals surface area contributed by atoms with Crippen LogP contribution in [0.15, 0.2) is 18.5 Å². The first-order chi connectivity index (χ1) is 9.65. The zero-order valence-electron chi connectivity index (χ0n) is 11.3. The van der Waals surface area contributed by atoms with Crippen molar-refractivity contribution in [2.45, 2.75) is 26.7 Å². The second-order valence-electron chi connectivity index (χ2n) is 4.08. The molecular weight excluding hydrogens is 258 g/mol. The summed E-state index contributed by atoms with van der Waals surface area (Å²) in [5.74, 6) is -0.572. The fraction of sp³-hybridized carbons (Fsp3) is 0.308. The number of aromatic hydroxyl groups is 1. The van der Waals surface area contributed by atoms with Gasteiger partial charge in [0.1, 0.15) is 5.75 Å². The minimum atomic E-state index is -0.502. The summed E-state index contributed by atoms with van der Waals surface area (Å²) in [6.07, 6.45) is 4.07. The zero-order valence-corrected chi connectivity index (χ0v) is 11.3. The van der Waals surface area contributed by atoms with Crippen molar-refractivity contribution in [3.8, 4) is 5.75 Å². The van der Waals surface area contributed by atoms with Gasteiger partial charge in [-0.1, -0.05) is 13.8 Å². The second-order valence-corrected chi connectivity index (χ2v) is 4.08. The molecule has 0 aliphatic carbocycles. The van der Waals surface area contributed by atoms with Gasteiger partial charge in [-0.25, -0.2) is 4.98 Å². The van der Waals surface area contributed by atoms with Crippen molar-refractivity contribution in [2.24, 2.45) is 0 Å². The van der Waals surface area contributed by atoms with Crippen LogP contribution in [0.5, 0.6) is 5.75 Å². The highest BCUT2D eigenvalue weighted by Gasteiger charge is 2.13. The van der Waals surface area contributed by atoms with Gasteiger partial charge in [0, 0.05) is 6.20 Å². The quantitative estimate of drug-likeness (QED) is 0.872. The maximum atomic E-state index is 12.0. The summed E-state index contributed by atoms with van der Waals surface area (Å²) in [6, 6.07) is 1.42. The normalized spacial score (nSPS) is 10.3. The van der Waals surface area contributed by atoms with E-state index in [1.807, 2.05) is 13.8 Å². The molecule has 2 aromatic rings. The molecule has 0 atom stereocenters. The van der Waals surface area contributed by atoms with Crippen LogP contribution in [0.25, 0.3) is 0 Å². The third kappa shape index (κ3) is 2.87. The summed E-state index contributed by atoms with van der Waals surface area (Å²) < 4.78 is 0. The second kappa shape index (κ2) is 6.05. The van der Waals surface area contributed by atoms with Crippen LogP contribution >= 0.6 is 0 Å². The predicted octanol–water partition coefficient (Wildman–Crippen LogP) is 1.35. The molecule has 7 heteroatoms. The van der Waals surface area contributed by atoms with Crippen LogP contribution in [0, 0.1) is 0 Å². The van der Waals surface area contributed by atoms with Gasteiger partial charge in [0.2, 0.25) is 5.95 Å². The van der Waals surface area contributed by atoms with Crippen molar-refractivity contribution in [1.29, 1.82) is 0 Å². The third-order valence-corrected chi connectivity index (χ3v) is 2.78. The van der Waals surface area contributed by atoms with Crippen molar-refractivity contribution in [2.75, 3.05) is 5.32 Å². The first-order valence-electron chi connectivity index (χ1n) is 6.32. The van der Waals surface area contributed by atoms with Crippen molar-refractivity contribution in [3.63, 3.8) is 0 Å². The zero-order chi connectivity index (χ0) is 14.5. The smallest absolute Gasteiger partial charge is 0.261 e. The molecule has 0 radical (unpaired) electrons. The van der Waals surface area contributed by atoms with Gasteiger partial charge in [0.05, 0.1) is 23.1 Å². The molecular formula is C13H15N5O2. The molecule has 0 saturated carbocycles. The average Bonchev–Trinajstić information content (AvgIpc) is 2.47. The Kier molecular flexibility index (Phi) is 4.19. The monoisotopic (exact) mass is 273 g/mol. The number of nitrogens with one attached hydrogen (secondary N) is 1. The lowest BCUT2D eigenvalue weighted by atomic mass is 10.2. The number of carbonyl (C=O) groups is 1. The van der Waals surface area contributed by atoms with Crippen molar-refractivity contribution in [3.05, 3.63) is 35.4 Å². The molecule has 2 rings (SSSR count). The van der Waals surface area contributed by atoms with Gasteiger partial charge in [-0.15, -0.1) is 10.2 Å². The van der Waals surface area contributed by atoms with Crippen LogP contribution in [0.2, 0.25) is 0 Å². The Bertz CT molecular complexity index is 630. The number of carbonyl (C=O) groups excluding carboxylic acids is 1. The fourth-order valence-corrected chi connectivity index (χ4v) is 1.74. The molecule has 7 nitrogen and oxygen atoms in total. The van der Waals surface area contributed by atoms with E-state index in [2.05, 4.69) is 25.5 Å². The summed E-state index contributed by atoms with van der Waals surface area (Å²) in [5.41, 5.74) is 1.73. The average molecular weight is 273 g/mol. The lowest BCUT2D eigenvalue weighted by molar-refractivity contribution is 0.102. The lowest BCUT2D eigenvalue weighted by Gasteiger charge is -2.07. The molecule has 20 heavy (non-hydrogen) atoms. The molecule has 1 amide bonds. The van der Waals surface area contributed by atoms with E-state index in [9.17, 15) is 9.90 Å². The highest BCUT2D eigenvalue weighted by molar-refractivity contribution is 6.05. The summed E-state index contributed by atoms with van der Waals surface area (Å²) in [5, 5.41) is 20.0. The first kappa shape index (κ1) is 13.9. The van der Waals surface area contributed by atoms with E-state index in [0.29, 0.717) is 6.42 Å². The van der Waals surface area contributed by atoms with Gasteiger partial charge in [-0.05, 0) is 18.9 Å². The predicted molar refractivity (Wildman–Crippen MR) is 72.4 cm³/mol. The Balaban J connectivity index is 2.22. The molecule has 2 aromatic heterocycles. The maximum absolute atomic E-state index is 12.0. The number of pyridine rings is 1. The number of rotatable bonds is 4.